The highest BCUT2D eigenvalue weighted by Gasteiger charge is 2.29. The van der Waals surface area contributed by atoms with Gasteiger partial charge in [-0.1, -0.05) is 30.3 Å². The van der Waals surface area contributed by atoms with Crippen molar-refractivity contribution in [2.45, 2.75) is 12.5 Å². The van der Waals surface area contributed by atoms with Crippen molar-refractivity contribution in [1.29, 1.82) is 5.26 Å². The number of amides is 1. The Morgan fingerprint density at radius 1 is 1.11 bits per heavy atom. The summed E-state index contributed by atoms with van der Waals surface area (Å²) in [6, 6.07) is 17.9. The first-order valence-electron chi connectivity index (χ1n) is 8.46. The van der Waals surface area contributed by atoms with E-state index in [1.165, 1.54) is 4.90 Å². The zero-order valence-corrected chi connectivity index (χ0v) is 14.5. The number of benzene rings is 2. The number of ether oxygens (including phenoxy) is 3. The molecular formula is C20H18N2O5. The average Bonchev–Trinajstić information content (AvgIpc) is 2.72. The van der Waals surface area contributed by atoms with Gasteiger partial charge in [0, 0.05) is 12.2 Å². The Kier molecular flexibility index (Phi) is 5.90. The molecule has 1 unspecified atom stereocenters. The van der Waals surface area contributed by atoms with Crippen LogP contribution in [0, 0.1) is 11.3 Å². The van der Waals surface area contributed by atoms with E-state index in [2.05, 4.69) is 0 Å². The molecule has 1 atom stereocenters. The van der Waals surface area contributed by atoms with Gasteiger partial charge in [0.25, 0.3) is 5.91 Å². The van der Waals surface area contributed by atoms with E-state index in [9.17, 15) is 9.59 Å². The minimum absolute atomic E-state index is 0.0148. The maximum atomic E-state index is 12.5. The van der Waals surface area contributed by atoms with Gasteiger partial charge < -0.3 is 19.1 Å². The van der Waals surface area contributed by atoms with Crippen molar-refractivity contribution in [2.24, 2.45) is 0 Å². The lowest BCUT2D eigenvalue weighted by Crippen LogP contribution is -2.41. The normalized spacial score (nSPS) is 14.7. The van der Waals surface area contributed by atoms with Crippen LogP contribution in [0.4, 0.5) is 5.69 Å². The van der Waals surface area contributed by atoms with Crippen LogP contribution in [-0.2, 0) is 14.3 Å². The highest BCUT2D eigenvalue weighted by molar-refractivity contribution is 5.95. The van der Waals surface area contributed by atoms with Gasteiger partial charge >= 0.3 is 5.97 Å². The van der Waals surface area contributed by atoms with E-state index >= 15 is 0 Å². The number of para-hydroxylation sites is 3. The van der Waals surface area contributed by atoms with Crippen molar-refractivity contribution in [3.05, 3.63) is 54.6 Å². The first-order valence-corrected chi connectivity index (χ1v) is 8.46. The number of nitrogens with zero attached hydrogens (tertiary/aromatic N) is 2. The third-order valence-electron chi connectivity index (χ3n) is 3.93. The van der Waals surface area contributed by atoms with E-state index in [0.717, 1.165) is 0 Å². The third-order valence-corrected chi connectivity index (χ3v) is 3.93. The Hall–Kier alpha value is -3.53. The summed E-state index contributed by atoms with van der Waals surface area (Å²) in [5.41, 5.74) is 0.639. The Balaban J connectivity index is 1.58. The summed E-state index contributed by atoms with van der Waals surface area (Å²) in [7, 11) is 0. The number of fused-ring (bicyclic) bond motifs is 1. The lowest BCUT2D eigenvalue weighted by atomic mass is 10.2. The molecule has 0 saturated carbocycles. The zero-order chi connectivity index (χ0) is 19.1. The van der Waals surface area contributed by atoms with Gasteiger partial charge in [0.1, 0.15) is 6.61 Å². The van der Waals surface area contributed by atoms with Crippen LogP contribution in [0.15, 0.2) is 54.6 Å². The molecule has 1 aliphatic heterocycles. The van der Waals surface area contributed by atoms with E-state index in [4.69, 9.17) is 19.5 Å². The van der Waals surface area contributed by atoms with E-state index in [0.29, 0.717) is 17.2 Å². The van der Waals surface area contributed by atoms with Crippen LogP contribution >= 0.6 is 0 Å². The van der Waals surface area contributed by atoms with Crippen LogP contribution in [0.2, 0.25) is 0 Å². The number of rotatable bonds is 6. The summed E-state index contributed by atoms with van der Waals surface area (Å²) in [4.78, 5) is 26.2. The number of esters is 1. The van der Waals surface area contributed by atoms with Crippen LogP contribution < -0.4 is 14.4 Å². The molecule has 0 radical (unpaired) electrons. The van der Waals surface area contributed by atoms with E-state index in [1.54, 1.807) is 48.5 Å². The molecular weight excluding hydrogens is 348 g/mol. The molecule has 0 fully saturated rings. The highest BCUT2D eigenvalue weighted by Crippen LogP contribution is 2.31. The molecule has 138 valence electrons. The van der Waals surface area contributed by atoms with Crippen LogP contribution in [0.1, 0.15) is 6.42 Å². The molecule has 1 aliphatic rings. The van der Waals surface area contributed by atoms with Crippen molar-refractivity contribution in [2.75, 3.05) is 24.7 Å². The number of hydrogen-bond donors (Lipinski definition) is 0. The predicted molar refractivity (Wildman–Crippen MR) is 96.3 cm³/mol. The largest absolute Gasteiger partial charge is 0.485 e. The maximum Gasteiger partial charge on any atom is 0.351 e. The van der Waals surface area contributed by atoms with E-state index in [1.807, 2.05) is 12.1 Å². The van der Waals surface area contributed by atoms with Crippen molar-refractivity contribution in [3.63, 3.8) is 0 Å². The summed E-state index contributed by atoms with van der Waals surface area (Å²) in [6.45, 7) is -0.213. The molecule has 1 heterocycles. The van der Waals surface area contributed by atoms with Crippen LogP contribution in [0.25, 0.3) is 0 Å². The molecule has 1 amide bonds. The highest BCUT2D eigenvalue weighted by atomic mass is 16.6. The van der Waals surface area contributed by atoms with Gasteiger partial charge in [-0.25, -0.2) is 4.79 Å². The third kappa shape index (κ3) is 4.55. The van der Waals surface area contributed by atoms with Crippen LogP contribution in [0.5, 0.6) is 11.5 Å². The van der Waals surface area contributed by atoms with Gasteiger partial charge in [0.05, 0.1) is 12.5 Å². The number of hydrogen-bond acceptors (Lipinski definition) is 6. The Labute approximate surface area is 156 Å². The summed E-state index contributed by atoms with van der Waals surface area (Å²) in [5.74, 6) is -0.0746. The zero-order valence-electron chi connectivity index (χ0n) is 14.5. The van der Waals surface area contributed by atoms with Gasteiger partial charge in [-0.2, -0.15) is 5.26 Å². The summed E-state index contributed by atoms with van der Waals surface area (Å²) < 4.78 is 16.2. The van der Waals surface area contributed by atoms with E-state index in [-0.39, 0.29) is 19.6 Å². The molecule has 7 heteroatoms. The van der Waals surface area contributed by atoms with Gasteiger partial charge in [0.2, 0.25) is 6.10 Å². The fourth-order valence-corrected chi connectivity index (χ4v) is 2.61. The molecule has 0 saturated heterocycles. The van der Waals surface area contributed by atoms with Gasteiger partial charge in [-0.15, -0.1) is 0 Å². The molecule has 3 rings (SSSR count). The molecule has 7 nitrogen and oxygen atoms in total. The fourth-order valence-electron chi connectivity index (χ4n) is 2.61. The van der Waals surface area contributed by atoms with Crippen molar-refractivity contribution in [1.82, 2.24) is 0 Å². The summed E-state index contributed by atoms with van der Waals surface area (Å²) in [6.07, 6.45) is -0.762. The van der Waals surface area contributed by atoms with Crippen molar-refractivity contribution in [3.8, 4) is 17.6 Å². The second-order valence-corrected chi connectivity index (χ2v) is 5.76. The number of nitriles is 1. The second-order valence-electron chi connectivity index (χ2n) is 5.76. The molecule has 0 spiro atoms. The molecule has 0 bridgehead atoms. The molecule has 0 aromatic heterocycles. The number of carbonyl (C=O) groups excluding carboxylic acids is 2. The smallest absolute Gasteiger partial charge is 0.351 e. The molecule has 2 aromatic rings. The fraction of sp³-hybridized carbons (Fsp3) is 0.250. The first kappa shape index (κ1) is 18.3. The monoisotopic (exact) mass is 366 g/mol. The second kappa shape index (κ2) is 8.72. The van der Waals surface area contributed by atoms with E-state index < -0.39 is 24.6 Å². The van der Waals surface area contributed by atoms with Crippen LogP contribution in [0.3, 0.4) is 0 Å². The number of carbonyl (C=O) groups is 2. The first-order chi connectivity index (χ1) is 13.2. The van der Waals surface area contributed by atoms with Gasteiger partial charge in [-0.05, 0) is 24.3 Å². The van der Waals surface area contributed by atoms with Crippen molar-refractivity contribution >= 4 is 17.6 Å². The Bertz CT molecular complexity index is 847. The summed E-state index contributed by atoms with van der Waals surface area (Å²) >= 11 is 0. The standard InChI is InChI=1S/C20H18N2O5/c21-11-6-12-22(15-7-2-1-3-8-15)19(23)14-26-20(24)18-13-25-16-9-4-5-10-17(16)27-18/h1-5,7-10,18H,6,12-14H2. The molecule has 2 aromatic carbocycles. The minimum atomic E-state index is -0.933. The lowest BCUT2D eigenvalue weighted by Gasteiger charge is -2.25. The Morgan fingerprint density at radius 2 is 1.81 bits per heavy atom. The predicted octanol–water partition coefficient (Wildman–Crippen LogP) is 2.32. The quantitative estimate of drug-likeness (QED) is 0.729. The van der Waals surface area contributed by atoms with Gasteiger partial charge in [0.15, 0.2) is 18.1 Å². The van der Waals surface area contributed by atoms with Crippen molar-refractivity contribution < 1.29 is 23.8 Å². The summed E-state index contributed by atoms with van der Waals surface area (Å²) in [5, 5.41) is 8.81. The maximum absolute atomic E-state index is 12.5. The topological polar surface area (TPSA) is 88.9 Å². The van der Waals surface area contributed by atoms with Gasteiger partial charge in [-0.3, -0.25) is 4.79 Å². The lowest BCUT2D eigenvalue weighted by molar-refractivity contribution is -0.157. The minimum Gasteiger partial charge on any atom is -0.485 e. The SMILES string of the molecule is N#CCCN(C(=O)COC(=O)C1COc2ccccc2O1)c1ccccc1. The van der Waals surface area contributed by atoms with Crippen LogP contribution in [-0.4, -0.2) is 37.7 Å². The molecule has 27 heavy (non-hydrogen) atoms. The molecule has 0 N–H and O–H groups in total. The average molecular weight is 366 g/mol. The molecule has 0 aliphatic carbocycles. The Morgan fingerprint density at radius 3 is 2.56 bits per heavy atom. The number of anilines is 1.